The standard InChI is InChI=1S/C36H34O5S2/c1-4-6-7-10-23(5-2)36(39)41-25-17-21-27(22-18-25)43-31-14-9-12-29-33(31)35(38)28-11-8-13-30(32(28)34(29)37)42-26-19-15-24(40-3)16-20-26/h8-9,11-23H,4-7,10H2,1-3H3. The van der Waals surface area contributed by atoms with Crippen molar-refractivity contribution in [1.82, 2.24) is 0 Å². The molecule has 0 spiro atoms. The average Bonchev–Trinajstić information content (AvgIpc) is 3.03. The van der Waals surface area contributed by atoms with Gasteiger partial charge in [0.25, 0.3) is 0 Å². The van der Waals surface area contributed by atoms with E-state index in [4.69, 9.17) is 9.47 Å². The Morgan fingerprint density at radius 3 is 1.67 bits per heavy atom. The Kier molecular flexibility index (Phi) is 10.1. The first-order chi connectivity index (χ1) is 20.9. The van der Waals surface area contributed by atoms with Gasteiger partial charge in [0, 0.05) is 41.8 Å². The van der Waals surface area contributed by atoms with E-state index in [0.29, 0.717) is 32.9 Å². The second kappa shape index (κ2) is 14.1. The van der Waals surface area contributed by atoms with Crippen molar-refractivity contribution < 1.29 is 23.9 Å². The van der Waals surface area contributed by atoms with Gasteiger partial charge in [0.05, 0.1) is 13.0 Å². The van der Waals surface area contributed by atoms with Gasteiger partial charge in [-0.2, -0.15) is 0 Å². The van der Waals surface area contributed by atoms with E-state index in [0.717, 1.165) is 52.5 Å². The third kappa shape index (κ3) is 6.89. The molecule has 0 heterocycles. The van der Waals surface area contributed by atoms with Crippen molar-refractivity contribution in [2.75, 3.05) is 7.11 Å². The summed E-state index contributed by atoms with van der Waals surface area (Å²) in [7, 11) is 1.62. The van der Waals surface area contributed by atoms with Crippen LogP contribution in [0, 0.1) is 5.92 Å². The number of fused-ring (bicyclic) bond motifs is 2. The van der Waals surface area contributed by atoms with E-state index >= 15 is 0 Å². The van der Waals surface area contributed by atoms with Crippen molar-refractivity contribution in [2.45, 2.75) is 65.5 Å². The summed E-state index contributed by atoms with van der Waals surface area (Å²) in [6.45, 7) is 4.17. The van der Waals surface area contributed by atoms with Crippen LogP contribution in [-0.4, -0.2) is 24.6 Å². The number of rotatable bonds is 12. The maximum absolute atomic E-state index is 13.9. The highest BCUT2D eigenvalue weighted by atomic mass is 32.2. The number of hydrogen-bond acceptors (Lipinski definition) is 7. The average molecular weight is 611 g/mol. The predicted octanol–water partition coefficient (Wildman–Crippen LogP) is 9.28. The van der Waals surface area contributed by atoms with Gasteiger partial charge in [-0.1, -0.05) is 80.9 Å². The minimum Gasteiger partial charge on any atom is -0.497 e. The quantitative estimate of drug-likeness (QED) is 0.0792. The zero-order valence-electron chi connectivity index (χ0n) is 24.6. The Morgan fingerprint density at radius 2 is 1.21 bits per heavy atom. The van der Waals surface area contributed by atoms with Gasteiger partial charge in [0.1, 0.15) is 11.5 Å². The van der Waals surface area contributed by atoms with Crippen LogP contribution in [0.25, 0.3) is 0 Å². The van der Waals surface area contributed by atoms with Gasteiger partial charge in [-0.15, -0.1) is 0 Å². The monoisotopic (exact) mass is 610 g/mol. The molecule has 1 unspecified atom stereocenters. The number of ketones is 2. The molecule has 220 valence electrons. The second-order valence-electron chi connectivity index (χ2n) is 10.4. The molecular formula is C36H34O5S2. The summed E-state index contributed by atoms with van der Waals surface area (Å²) in [5.41, 5.74) is 1.68. The molecule has 5 nitrogen and oxygen atoms in total. The topological polar surface area (TPSA) is 69.7 Å². The van der Waals surface area contributed by atoms with Gasteiger partial charge >= 0.3 is 5.97 Å². The summed E-state index contributed by atoms with van der Waals surface area (Å²) >= 11 is 2.87. The molecule has 0 bridgehead atoms. The smallest absolute Gasteiger partial charge is 0.314 e. The zero-order chi connectivity index (χ0) is 30.3. The van der Waals surface area contributed by atoms with Gasteiger partial charge in [-0.25, -0.2) is 0 Å². The normalized spacial score (nSPS) is 12.8. The molecule has 0 fully saturated rings. The van der Waals surface area contributed by atoms with E-state index in [1.165, 1.54) is 23.5 Å². The SMILES string of the molecule is CCCCCC(CC)C(=O)Oc1ccc(Sc2cccc3c2C(=O)c2cccc(Sc4ccc(OC)cc4)c2C3=O)cc1. The second-order valence-corrected chi connectivity index (χ2v) is 12.6. The minimum absolute atomic E-state index is 0.0991. The van der Waals surface area contributed by atoms with Crippen molar-refractivity contribution in [1.29, 1.82) is 0 Å². The molecule has 0 N–H and O–H groups in total. The zero-order valence-corrected chi connectivity index (χ0v) is 26.2. The first kappa shape index (κ1) is 30.6. The predicted molar refractivity (Wildman–Crippen MR) is 171 cm³/mol. The number of hydrogen-bond donors (Lipinski definition) is 0. The molecule has 1 atom stereocenters. The lowest BCUT2D eigenvalue weighted by molar-refractivity contribution is -0.139. The molecule has 0 amide bonds. The number of esters is 1. The molecule has 1 aliphatic rings. The first-order valence-electron chi connectivity index (χ1n) is 14.6. The molecule has 1 aliphatic carbocycles. The van der Waals surface area contributed by atoms with Gasteiger partial charge in [0.15, 0.2) is 11.6 Å². The lowest BCUT2D eigenvalue weighted by atomic mass is 9.84. The Morgan fingerprint density at radius 1 is 0.698 bits per heavy atom. The molecule has 0 saturated carbocycles. The third-order valence-corrected chi connectivity index (χ3v) is 9.67. The van der Waals surface area contributed by atoms with E-state index < -0.39 is 0 Å². The summed E-state index contributed by atoms with van der Waals surface area (Å²) in [4.78, 5) is 43.7. The Balaban J connectivity index is 1.34. The maximum Gasteiger partial charge on any atom is 0.314 e. The number of methoxy groups -OCH3 is 1. The molecule has 0 radical (unpaired) electrons. The fourth-order valence-electron chi connectivity index (χ4n) is 5.15. The largest absolute Gasteiger partial charge is 0.497 e. The van der Waals surface area contributed by atoms with Crippen molar-refractivity contribution in [2.24, 2.45) is 5.92 Å². The molecule has 0 aliphatic heterocycles. The summed E-state index contributed by atoms with van der Waals surface area (Å²) in [6, 6.07) is 25.7. The van der Waals surface area contributed by atoms with Gasteiger partial charge < -0.3 is 9.47 Å². The molecular weight excluding hydrogens is 577 g/mol. The summed E-state index contributed by atoms with van der Waals surface area (Å²) in [5, 5.41) is 0. The van der Waals surface area contributed by atoms with Crippen LogP contribution in [-0.2, 0) is 4.79 Å². The van der Waals surface area contributed by atoms with E-state index in [2.05, 4.69) is 6.92 Å². The number of unbranched alkanes of at least 4 members (excludes halogenated alkanes) is 2. The molecule has 7 heteroatoms. The molecule has 5 rings (SSSR count). The van der Waals surface area contributed by atoms with Gasteiger partial charge in [-0.05, 0) is 73.5 Å². The van der Waals surface area contributed by atoms with E-state index in [9.17, 15) is 14.4 Å². The van der Waals surface area contributed by atoms with Crippen molar-refractivity contribution in [3.8, 4) is 11.5 Å². The Bertz CT molecular complexity index is 1630. The number of benzene rings is 4. The van der Waals surface area contributed by atoms with Crippen molar-refractivity contribution in [3.05, 3.63) is 107 Å². The van der Waals surface area contributed by atoms with Gasteiger partial charge in [-0.3, -0.25) is 14.4 Å². The first-order valence-corrected chi connectivity index (χ1v) is 16.2. The highest BCUT2D eigenvalue weighted by Gasteiger charge is 2.33. The molecule has 4 aromatic rings. The van der Waals surface area contributed by atoms with Crippen molar-refractivity contribution in [3.63, 3.8) is 0 Å². The molecule has 0 aromatic heterocycles. The number of ether oxygens (including phenoxy) is 2. The van der Waals surface area contributed by atoms with Crippen LogP contribution in [0.5, 0.6) is 11.5 Å². The highest BCUT2D eigenvalue weighted by Crippen LogP contribution is 2.41. The van der Waals surface area contributed by atoms with Crippen LogP contribution in [0.15, 0.2) is 105 Å². The Hall–Kier alpha value is -3.81. The minimum atomic E-state index is -0.191. The maximum atomic E-state index is 13.9. The van der Waals surface area contributed by atoms with Gasteiger partial charge in [0.2, 0.25) is 0 Å². The fraction of sp³-hybridized carbons (Fsp3) is 0.250. The fourth-order valence-corrected chi connectivity index (χ4v) is 7.11. The number of carbonyl (C=O) groups is 3. The van der Waals surface area contributed by atoms with Crippen LogP contribution in [0.3, 0.4) is 0 Å². The lowest BCUT2D eigenvalue weighted by Crippen LogP contribution is -2.22. The van der Waals surface area contributed by atoms with E-state index in [1.807, 2.05) is 67.6 Å². The van der Waals surface area contributed by atoms with Crippen LogP contribution in [0.2, 0.25) is 0 Å². The van der Waals surface area contributed by atoms with Crippen LogP contribution >= 0.6 is 23.5 Å². The number of carbonyl (C=O) groups excluding carboxylic acids is 3. The van der Waals surface area contributed by atoms with E-state index in [1.54, 1.807) is 31.4 Å². The van der Waals surface area contributed by atoms with Crippen LogP contribution in [0.1, 0.15) is 77.8 Å². The Labute approximate surface area is 261 Å². The molecule has 0 saturated heterocycles. The summed E-state index contributed by atoms with van der Waals surface area (Å²) in [5.74, 6) is 0.643. The summed E-state index contributed by atoms with van der Waals surface area (Å²) < 4.78 is 10.9. The lowest BCUT2D eigenvalue weighted by Gasteiger charge is -2.22. The van der Waals surface area contributed by atoms with Crippen LogP contribution < -0.4 is 9.47 Å². The molecule has 4 aromatic carbocycles. The van der Waals surface area contributed by atoms with Crippen LogP contribution in [0.4, 0.5) is 0 Å². The third-order valence-electron chi connectivity index (χ3n) is 7.54. The molecule has 43 heavy (non-hydrogen) atoms. The summed E-state index contributed by atoms with van der Waals surface area (Å²) in [6.07, 6.45) is 4.85. The van der Waals surface area contributed by atoms with E-state index in [-0.39, 0.29) is 23.5 Å². The highest BCUT2D eigenvalue weighted by molar-refractivity contribution is 7.99. The van der Waals surface area contributed by atoms with Crippen molar-refractivity contribution >= 4 is 41.1 Å².